The number of carboxylic acid groups (broad SMARTS) is 1. The summed E-state index contributed by atoms with van der Waals surface area (Å²) in [4.78, 5) is 20.0. The number of hydrogen-bond acceptors (Lipinski definition) is 7. The van der Waals surface area contributed by atoms with Crippen molar-refractivity contribution in [1.29, 1.82) is 0 Å². The highest BCUT2D eigenvalue weighted by atomic mass is 16.7. The molecule has 8 nitrogen and oxygen atoms in total. The van der Waals surface area contributed by atoms with Crippen LogP contribution in [-0.4, -0.2) is 27.8 Å². The van der Waals surface area contributed by atoms with Crippen LogP contribution in [0.2, 0.25) is 0 Å². The number of aromatic carboxylic acids is 1. The van der Waals surface area contributed by atoms with Crippen LogP contribution in [0, 0.1) is 6.92 Å². The zero-order valence-corrected chi connectivity index (χ0v) is 15.1. The van der Waals surface area contributed by atoms with E-state index in [1.54, 1.807) is 24.3 Å². The van der Waals surface area contributed by atoms with Gasteiger partial charge in [0.05, 0.1) is 5.56 Å². The molecule has 0 saturated heterocycles. The van der Waals surface area contributed by atoms with Gasteiger partial charge in [0.25, 0.3) is 0 Å². The summed E-state index contributed by atoms with van der Waals surface area (Å²) in [5.41, 5.74) is 2.63. The first-order valence-electron chi connectivity index (χ1n) is 8.65. The Labute approximate surface area is 161 Å². The minimum atomic E-state index is -0.978. The molecule has 28 heavy (non-hydrogen) atoms. The lowest BCUT2D eigenvalue weighted by Gasteiger charge is -2.11. The molecule has 0 bridgehead atoms. The van der Waals surface area contributed by atoms with Gasteiger partial charge in [0.15, 0.2) is 11.5 Å². The molecule has 1 aliphatic rings. The van der Waals surface area contributed by atoms with Gasteiger partial charge < -0.3 is 25.2 Å². The largest absolute Gasteiger partial charge is 0.478 e. The topological polar surface area (TPSA) is 106 Å². The van der Waals surface area contributed by atoms with Crippen LogP contribution in [0.5, 0.6) is 11.5 Å². The minimum Gasteiger partial charge on any atom is -0.478 e. The molecule has 0 aliphatic carbocycles. The third-order valence-electron chi connectivity index (χ3n) is 4.12. The number of nitrogens with one attached hydrogen (secondary N) is 2. The zero-order valence-electron chi connectivity index (χ0n) is 15.1. The van der Waals surface area contributed by atoms with Gasteiger partial charge in [-0.05, 0) is 42.8 Å². The van der Waals surface area contributed by atoms with Crippen molar-refractivity contribution < 1.29 is 19.4 Å². The van der Waals surface area contributed by atoms with Crippen molar-refractivity contribution in [3.05, 3.63) is 65.4 Å². The highest BCUT2D eigenvalue weighted by molar-refractivity contribution is 5.89. The Morgan fingerprint density at radius 3 is 2.82 bits per heavy atom. The Kier molecular flexibility index (Phi) is 4.67. The van der Waals surface area contributed by atoms with E-state index in [0.29, 0.717) is 24.0 Å². The van der Waals surface area contributed by atoms with E-state index in [4.69, 9.17) is 14.6 Å². The van der Waals surface area contributed by atoms with E-state index in [-0.39, 0.29) is 12.4 Å². The third kappa shape index (κ3) is 3.96. The summed E-state index contributed by atoms with van der Waals surface area (Å²) in [5, 5.41) is 15.4. The van der Waals surface area contributed by atoms with Gasteiger partial charge in [0, 0.05) is 24.0 Å². The van der Waals surface area contributed by atoms with E-state index in [2.05, 4.69) is 20.6 Å². The Hall–Kier alpha value is -3.81. The van der Waals surface area contributed by atoms with Crippen LogP contribution >= 0.6 is 0 Å². The van der Waals surface area contributed by atoms with Crippen molar-refractivity contribution in [2.24, 2.45) is 0 Å². The van der Waals surface area contributed by atoms with Crippen LogP contribution in [0.15, 0.2) is 48.5 Å². The molecule has 3 N–H and O–H groups in total. The number of aromatic nitrogens is 2. The summed E-state index contributed by atoms with van der Waals surface area (Å²) in [6.45, 7) is 2.63. The second-order valence-electron chi connectivity index (χ2n) is 6.27. The van der Waals surface area contributed by atoms with Crippen LogP contribution < -0.4 is 20.1 Å². The van der Waals surface area contributed by atoms with Gasteiger partial charge in [-0.1, -0.05) is 12.1 Å². The molecule has 2 heterocycles. The number of benzene rings is 2. The maximum atomic E-state index is 11.1. The summed E-state index contributed by atoms with van der Waals surface area (Å²) < 4.78 is 10.7. The number of aryl methyl sites for hydroxylation is 1. The molecular formula is C20H18N4O4. The number of anilines is 3. The first kappa shape index (κ1) is 17.6. The molecule has 142 valence electrons. The molecule has 2 aromatic carbocycles. The fourth-order valence-corrected chi connectivity index (χ4v) is 2.82. The number of hydrogen-bond donors (Lipinski definition) is 3. The average Bonchev–Trinajstić information content (AvgIpc) is 3.14. The molecule has 4 rings (SSSR count). The van der Waals surface area contributed by atoms with Crippen LogP contribution in [0.25, 0.3) is 0 Å². The average molecular weight is 378 g/mol. The van der Waals surface area contributed by atoms with Gasteiger partial charge in [-0.2, -0.15) is 4.98 Å². The number of rotatable bonds is 6. The van der Waals surface area contributed by atoms with E-state index in [1.165, 1.54) is 6.07 Å². The van der Waals surface area contributed by atoms with Crippen molar-refractivity contribution in [1.82, 2.24) is 9.97 Å². The van der Waals surface area contributed by atoms with E-state index < -0.39 is 5.97 Å². The first-order chi connectivity index (χ1) is 13.6. The van der Waals surface area contributed by atoms with Crippen molar-refractivity contribution in [2.45, 2.75) is 13.5 Å². The lowest BCUT2D eigenvalue weighted by atomic mass is 10.2. The molecule has 1 aromatic heterocycles. The van der Waals surface area contributed by atoms with Crippen molar-refractivity contribution >= 4 is 23.4 Å². The van der Waals surface area contributed by atoms with E-state index >= 15 is 0 Å². The van der Waals surface area contributed by atoms with Crippen molar-refractivity contribution in [2.75, 3.05) is 17.4 Å². The molecular weight excluding hydrogens is 360 g/mol. The monoisotopic (exact) mass is 378 g/mol. The molecule has 3 aromatic rings. The van der Waals surface area contributed by atoms with Crippen molar-refractivity contribution in [3.63, 3.8) is 0 Å². The van der Waals surface area contributed by atoms with Gasteiger partial charge in [0.2, 0.25) is 12.7 Å². The van der Waals surface area contributed by atoms with Gasteiger partial charge >= 0.3 is 5.97 Å². The van der Waals surface area contributed by atoms with Crippen LogP contribution in [0.3, 0.4) is 0 Å². The summed E-state index contributed by atoms with van der Waals surface area (Å²) in [7, 11) is 0. The maximum Gasteiger partial charge on any atom is 0.335 e. The molecule has 8 heteroatoms. The summed E-state index contributed by atoms with van der Waals surface area (Å²) >= 11 is 0. The lowest BCUT2D eigenvalue weighted by molar-refractivity contribution is 0.0697. The fourth-order valence-electron chi connectivity index (χ4n) is 2.82. The van der Waals surface area contributed by atoms with Gasteiger partial charge in [0.1, 0.15) is 5.82 Å². The molecule has 0 fully saturated rings. The second-order valence-corrected chi connectivity index (χ2v) is 6.27. The number of nitrogens with zero attached hydrogens (tertiary/aromatic N) is 2. The number of ether oxygens (including phenoxy) is 2. The summed E-state index contributed by atoms with van der Waals surface area (Å²) in [6, 6.07) is 14.1. The highest BCUT2D eigenvalue weighted by Crippen LogP contribution is 2.32. The second kappa shape index (κ2) is 7.43. The summed E-state index contributed by atoms with van der Waals surface area (Å²) in [6.07, 6.45) is 0. The van der Waals surface area contributed by atoms with Gasteiger partial charge in [-0.3, -0.25) is 0 Å². The van der Waals surface area contributed by atoms with E-state index in [9.17, 15) is 4.79 Å². The fraction of sp³-hybridized carbons (Fsp3) is 0.150. The predicted octanol–water partition coefficient (Wildman–Crippen LogP) is 3.57. The molecule has 0 atom stereocenters. The van der Waals surface area contributed by atoms with E-state index in [0.717, 1.165) is 22.8 Å². The molecule has 0 radical (unpaired) electrons. The van der Waals surface area contributed by atoms with Crippen molar-refractivity contribution in [3.8, 4) is 11.5 Å². The van der Waals surface area contributed by atoms with Gasteiger partial charge in [-0.25, -0.2) is 9.78 Å². The third-order valence-corrected chi connectivity index (χ3v) is 4.12. The minimum absolute atomic E-state index is 0.205. The van der Waals surface area contributed by atoms with Crippen LogP contribution in [-0.2, 0) is 6.54 Å². The standard InChI is InChI=1S/C20H18N4O4/c1-12-7-18(23-15-4-2-3-14(9-15)19(25)26)24-20(22-12)21-10-13-5-6-16-17(8-13)28-11-27-16/h2-9H,10-11H2,1H3,(H,25,26)(H2,21,22,23,24). The number of fused-ring (bicyclic) bond motifs is 1. The van der Waals surface area contributed by atoms with E-state index in [1.807, 2.05) is 25.1 Å². The molecule has 0 saturated carbocycles. The Morgan fingerprint density at radius 2 is 1.96 bits per heavy atom. The predicted molar refractivity (Wildman–Crippen MR) is 103 cm³/mol. The zero-order chi connectivity index (χ0) is 19.5. The van der Waals surface area contributed by atoms with Crippen LogP contribution in [0.1, 0.15) is 21.6 Å². The molecule has 0 amide bonds. The molecule has 1 aliphatic heterocycles. The smallest absolute Gasteiger partial charge is 0.335 e. The quantitative estimate of drug-likeness (QED) is 0.598. The normalized spacial score (nSPS) is 11.9. The number of carboxylic acids is 1. The Morgan fingerprint density at radius 1 is 1.11 bits per heavy atom. The summed E-state index contributed by atoms with van der Waals surface area (Å²) in [5.74, 6) is 1.53. The molecule has 0 spiro atoms. The SMILES string of the molecule is Cc1cc(Nc2cccc(C(=O)O)c2)nc(NCc2ccc3c(c2)OCO3)n1. The molecule has 0 unspecified atom stereocenters. The number of carbonyl (C=O) groups is 1. The first-order valence-corrected chi connectivity index (χ1v) is 8.65. The Balaban J connectivity index is 1.48. The van der Waals surface area contributed by atoms with Gasteiger partial charge in [-0.15, -0.1) is 0 Å². The Bertz CT molecular complexity index is 1040. The highest BCUT2D eigenvalue weighted by Gasteiger charge is 2.13. The van der Waals surface area contributed by atoms with Crippen LogP contribution in [0.4, 0.5) is 17.5 Å². The lowest BCUT2D eigenvalue weighted by Crippen LogP contribution is -2.06. The maximum absolute atomic E-state index is 11.1.